The number of hydrogen-bond acceptors (Lipinski definition) is 4. The third kappa shape index (κ3) is 2.48. The first kappa shape index (κ1) is 12.1. The number of thiazole rings is 1. The number of aromatic nitrogens is 1. The molecule has 1 atom stereocenters. The van der Waals surface area contributed by atoms with Gasteiger partial charge in [-0.05, 0) is 20.0 Å². The molecule has 3 nitrogen and oxygen atoms in total. The smallest absolute Gasteiger partial charge is 0.124 e. The van der Waals surface area contributed by atoms with E-state index in [4.69, 9.17) is 4.74 Å². The Morgan fingerprint density at radius 2 is 2.12 bits per heavy atom. The first-order chi connectivity index (χ1) is 8.26. The summed E-state index contributed by atoms with van der Waals surface area (Å²) in [5, 5.41) is 4.39. The predicted octanol–water partition coefficient (Wildman–Crippen LogP) is 2.77. The topological polar surface area (TPSA) is 34.2 Å². The zero-order valence-electron chi connectivity index (χ0n) is 10.2. The van der Waals surface area contributed by atoms with Crippen LogP contribution in [0, 0.1) is 6.92 Å². The van der Waals surface area contributed by atoms with Crippen molar-refractivity contribution < 1.29 is 4.74 Å². The van der Waals surface area contributed by atoms with Crippen LogP contribution < -0.4 is 10.1 Å². The van der Waals surface area contributed by atoms with E-state index < -0.39 is 0 Å². The Labute approximate surface area is 105 Å². The van der Waals surface area contributed by atoms with Gasteiger partial charge < -0.3 is 10.1 Å². The first-order valence-electron chi connectivity index (χ1n) is 5.48. The first-order valence-corrected chi connectivity index (χ1v) is 6.30. The van der Waals surface area contributed by atoms with Crippen LogP contribution in [0.2, 0.25) is 0 Å². The lowest BCUT2D eigenvalue weighted by Crippen LogP contribution is -2.17. The minimum atomic E-state index is 0.136. The highest BCUT2D eigenvalue weighted by Crippen LogP contribution is 2.32. The molecule has 17 heavy (non-hydrogen) atoms. The second kappa shape index (κ2) is 5.29. The summed E-state index contributed by atoms with van der Waals surface area (Å²) in [5.41, 5.74) is 1.14. The van der Waals surface area contributed by atoms with Crippen LogP contribution in [-0.4, -0.2) is 19.1 Å². The molecule has 0 aliphatic carbocycles. The minimum Gasteiger partial charge on any atom is -0.496 e. The van der Waals surface area contributed by atoms with E-state index in [9.17, 15) is 0 Å². The molecule has 0 fully saturated rings. The van der Waals surface area contributed by atoms with Gasteiger partial charge in [-0.1, -0.05) is 18.2 Å². The largest absolute Gasteiger partial charge is 0.496 e. The van der Waals surface area contributed by atoms with Crippen LogP contribution in [0.3, 0.4) is 0 Å². The van der Waals surface area contributed by atoms with E-state index in [1.54, 1.807) is 18.4 Å². The Hall–Kier alpha value is -1.39. The van der Waals surface area contributed by atoms with E-state index in [0.717, 1.165) is 16.3 Å². The molecule has 2 aromatic rings. The highest BCUT2D eigenvalue weighted by atomic mass is 32.1. The van der Waals surface area contributed by atoms with Gasteiger partial charge in [0.1, 0.15) is 5.75 Å². The maximum absolute atomic E-state index is 5.40. The van der Waals surface area contributed by atoms with Gasteiger partial charge in [-0.3, -0.25) is 0 Å². The van der Waals surface area contributed by atoms with Crippen molar-refractivity contribution in [3.05, 3.63) is 45.9 Å². The molecule has 0 spiro atoms. The van der Waals surface area contributed by atoms with Crippen molar-refractivity contribution in [2.45, 2.75) is 13.0 Å². The molecule has 2 rings (SSSR count). The standard InChI is InChI=1S/C13H16N2OS/c1-9-15-8-12(17-9)13(14-2)10-6-4-5-7-11(10)16-3/h4-8,13-14H,1-3H3. The number of methoxy groups -OCH3 is 1. The monoisotopic (exact) mass is 248 g/mol. The van der Waals surface area contributed by atoms with E-state index in [0.29, 0.717) is 0 Å². The molecular formula is C13H16N2OS. The highest BCUT2D eigenvalue weighted by molar-refractivity contribution is 7.11. The zero-order chi connectivity index (χ0) is 12.3. The fourth-order valence-electron chi connectivity index (χ4n) is 1.87. The Kier molecular flexibility index (Phi) is 3.76. The molecule has 4 heteroatoms. The quantitative estimate of drug-likeness (QED) is 0.903. The summed E-state index contributed by atoms with van der Waals surface area (Å²) in [7, 11) is 3.65. The Morgan fingerprint density at radius 3 is 2.71 bits per heavy atom. The Morgan fingerprint density at radius 1 is 1.35 bits per heavy atom. The van der Waals surface area contributed by atoms with Crippen molar-refractivity contribution in [3.63, 3.8) is 0 Å². The summed E-state index contributed by atoms with van der Waals surface area (Å²) in [5.74, 6) is 0.901. The van der Waals surface area contributed by atoms with Crippen LogP contribution in [-0.2, 0) is 0 Å². The van der Waals surface area contributed by atoms with Gasteiger partial charge >= 0.3 is 0 Å². The summed E-state index contributed by atoms with van der Waals surface area (Å²) in [6.07, 6.45) is 1.92. The lowest BCUT2D eigenvalue weighted by molar-refractivity contribution is 0.405. The third-order valence-corrected chi connectivity index (χ3v) is 3.64. The second-order valence-electron chi connectivity index (χ2n) is 3.75. The normalized spacial score (nSPS) is 12.4. The Bertz CT molecular complexity index is 496. The van der Waals surface area contributed by atoms with Gasteiger partial charge in [-0.2, -0.15) is 0 Å². The van der Waals surface area contributed by atoms with Gasteiger partial charge in [0.2, 0.25) is 0 Å². The average molecular weight is 248 g/mol. The van der Waals surface area contributed by atoms with E-state index in [2.05, 4.69) is 16.4 Å². The van der Waals surface area contributed by atoms with Crippen LogP contribution >= 0.6 is 11.3 Å². The molecular weight excluding hydrogens is 232 g/mol. The molecule has 0 amide bonds. The molecule has 0 aliphatic heterocycles. The van der Waals surface area contributed by atoms with E-state index >= 15 is 0 Å². The summed E-state index contributed by atoms with van der Waals surface area (Å²) in [6, 6.07) is 8.20. The number of nitrogens with one attached hydrogen (secondary N) is 1. The van der Waals surface area contributed by atoms with Crippen molar-refractivity contribution in [2.75, 3.05) is 14.2 Å². The molecule has 0 radical (unpaired) electrons. The lowest BCUT2D eigenvalue weighted by Gasteiger charge is -2.17. The molecule has 90 valence electrons. The van der Waals surface area contributed by atoms with Gasteiger partial charge in [0.15, 0.2) is 0 Å². The predicted molar refractivity (Wildman–Crippen MR) is 70.7 cm³/mol. The van der Waals surface area contributed by atoms with Gasteiger partial charge in [0.05, 0.1) is 18.2 Å². The fraction of sp³-hybridized carbons (Fsp3) is 0.308. The van der Waals surface area contributed by atoms with E-state index in [1.165, 1.54) is 4.88 Å². The summed E-state index contributed by atoms with van der Waals surface area (Å²) >= 11 is 1.71. The molecule has 1 unspecified atom stereocenters. The summed E-state index contributed by atoms with van der Waals surface area (Å²) in [4.78, 5) is 5.51. The van der Waals surface area contributed by atoms with Crippen molar-refractivity contribution in [2.24, 2.45) is 0 Å². The SMILES string of the molecule is CNC(c1cnc(C)s1)c1ccccc1OC. The van der Waals surface area contributed by atoms with Crippen LogP contribution in [0.4, 0.5) is 0 Å². The van der Waals surface area contributed by atoms with Crippen molar-refractivity contribution >= 4 is 11.3 Å². The Balaban J connectivity index is 2.41. The second-order valence-corrected chi connectivity index (χ2v) is 5.01. The lowest BCUT2D eigenvalue weighted by atomic mass is 10.1. The summed E-state index contributed by atoms with van der Waals surface area (Å²) < 4.78 is 5.40. The van der Waals surface area contributed by atoms with Crippen molar-refractivity contribution in [1.82, 2.24) is 10.3 Å². The van der Waals surface area contributed by atoms with Crippen LogP contribution in [0.5, 0.6) is 5.75 Å². The average Bonchev–Trinajstić information content (AvgIpc) is 2.77. The van der Waals surface area contributed by atoms with Gasteiger partial charge in [-0.25, -0.2) is 4.98 Å². The zero-order valence-corrected chi connectivity index (χ0v) is 11.0. The number of hydrogen-bond donors (Lipinski definition) is 1. The fourth-order valence-corrected chi connectivity index (χ4v) is 2.78. The van der Waals surface area contributed by atoms with Crippen LogP contribution in [0.25, 0.3) is 0 Å². The minimum absolute atomic E-state index is 0.136. The third-order valence-electron chi connectivity index (χ3n) is 2.66. The number of ether oxygens (including phenoxy) is 1. The van der Waals surface area contributed by atoms with E-state index in [1.807, 2.05) is 38.4 Å². The maximum Gasteiger partial charge on any atom is 0.124 e. The molecule has 1 N–H and O–H groups in total. The molecule has 1 heterocycles. The highest BCUT2D eigenvalue weighted by Gasteiger charge is 2.17. The number of benzene rings is 1. The molecule has 1 aromatic carbocycles. The molecule has 0 saturated heterocycles. The number of para-hydroxylation sites is 1. The molecule has 0 saturated carbocycles. The number of aryl methyl sites for hydroxylation is 1. The molecule has 0 bridgehead atoms. The number of rotatable bonds is 4. The van der Waals surface area contributed by atoms with Crippen molar-refractivity contribution in [1.29, 1.82) is 0 Å². The van der Waals surface area contributed by atoms with Gasteiger partial charge in [-0.15, -0.1) is 11.3 Å². The summed E-state index contributed by atoms with van der Waals surface area (Å²) in [6.45, 7) is 2.02. The molecule has 0 aliphatic rings. The maximum atomic E-state index is 5.40. The molecule has 1 aromatic heterocycles. The number of nitrogens with zero attached hydrogens (tertiary/aromatic N) is 1. The van der Waals surface area contributed by atoms with Crippen LogP contribution in [0.1, 0.15) is 21.5 Å². The van der Waals surface area contributed by atoms with Gasteiger partial charge in [0, 0.05) is 16.6 Å². The van der Waals surface area contributed by atoms with Crippen molar-refractivity contribution in [3.8, 4) is 5.75 Å². The van der Waals surface area contributed by atoms with E-state index in [-0.39, 0.29) is 6.04 Å². The van der Waals surface area contributed by atoms with Gasteiger partial charge in [0.25, 0.3) is 0 Å². The van der Waals surface area contributed by atoms with Crippen LogP contribution in [0.15, 0.2) is 30.5 Å².